The van der Waals surface area contributed by atoms with E-state index >= 15 is 0 Å². The molecular weight excluding hydrogens is 164 g/mol. The fourth-order valence-electron chi connectivity index (χ4n) is 1.43. The minimum Gasteiger partial charge on any atom is -0.396 e. The number of nitrogens with two attached hydrogens (primary N) is 1. The van der Waals surface area contributed by atoms with E-state index in [9.17, 15) is 0 Å². The smallest absolute Gasteiger partial charge is 0.0527 e. The van der Waals surface area contributed by atoms with Gasteiger partial charge in [-0.2, -0.15) is 0 Å². The Labute approximate surface area is 78.6 Å². The van der Waals surface area contributed by atoms with Crippen LogP contribution >= 0.6 is 0 Å². The van der Waals surface area contributed by atoms with Crippen LogP contribution in [-0.2, 0) is 0 Å². The fourth-order valence-corrected chi connectivity index (χ4v) is 1.43. The van der Waals surface area contributed by atoms with Crippen molar-refractivity contribution in [3.8, 4) is 0 Å². The number of rotatable bonds is 3. The molecule has 3 N–H and O–H groups in total. The fraction of sp³-hybridized carbons (Fsp3) is 0.500. The van der Waals surface area contributed by atoms with Crippen LogP contribution in [0, 0.1) is 13.8 Å². The Balaban J connectivity index is 2.99. The van der Waals surface area contributed by atoms with E-state index in [1.165, 1.54) is 0 Å². The van der Waals surface area contributed by atoms with Gasteiger partial charge >= 0.3 is 0 Å². The van der Waals surface area contributed by atoms with Gasteiger partial charge in [-0.3, -0.25) is 4.98 Å². The zero-order chi connectivity index (χ0) is 9.84. The summed E-state index contributed by atoms with van der Waals surface area (Å²) in [5, 5.41) is 9.05. The van der Waals surface area contributed by atoms with E-state index in [0.29, 0.717) is 6.54 Å². The van der Waals surface area contributed by atoms with Crippen LogP contribution in [0.5, 0.6) is 0 Å². The SMILES string of the molecule is Cc1cnc(C(CN)CO)c(C)c1. The van der Waals surface area contributed by atoms with Crippen molar-refractivity contribution in [3.63, 3.8) is 0 Å². The predicted octanol–water partition coefficient (Wildman–Crippen LogP) is 0.733. The number of aromatic nitrogens is 1. The molecule has 1 atom stereocenters. The van der Waals surface area contributed by atoms with Gasteiger partial charge in [0.2, 0.25) is 0 Å². The average Bonchev–Trinajstić information content (AvgIpc) is 2.10. The Morgan fingerprint density at radius 1 is 1.54 bits per heavy atom. The van der Waals surface area contributed by atoms with Gasteiger partial charge in [-0.05, 0) is 25.0 Å². The maximum atomic E-state index is 9.05. The highest BCUT2D eigenvalue weighted by molar-refractivity contribution is 5.26. The Morgan fingerprint density at radius 3 is 2.69 bits per heavy atom. The van der Waals surface area contributed by atoms with Crippen molar-refractivity contribution in [2.24, 2.45) is 5.73 Å². The quantitative estimate of drug-likeness (QED) is 0.721. The van der Waals surface area contributed by atoms with Crippen molar-refractivity contribution < 1.29 is 5.11 Å². The van der Waals surface area contributed by atoms with E-state index in [-0.39, 0.29) is 12.5 Å². The number of nitrogens with zero attached hydrogens (tertiary/aromatic N) is 1. The van der Waals surface area contributed by atoms with Gasteiger partial charge in [-0.1, -0.05) is 6.07 Å². The van der Waals surface area contributed by atoms with Gasteiger partial charge < -0.3 is 10.8 Å². The lowest BCUT2D eigenvalue weighted by atomic mass is 10.0. The van der Waals surface area contributed by atoms with Crippen LogP contribution < -0.4 is 5.73 Å². The Bertz CT molecular complexity index is 282. The molecule has 0 radical (unpaired) electrons. The Morgan fingerprint density at radius 2 is 2.23 bits per heavy atom. The zero-order valence-corrected chi connectivity index (χ0v) is 8.12. The normalized spacial score (nSPS) is 12.9. The van der Waals surface area contributed by atoms with Crippen LogP contribution in [0.2, 0.25) is 0 Å². The molecule has 13 heavy (non-hydrogen) atoms. The monoisotopic (exact) mass is 180 g/mol. The Hall–Kier alpha value is -0.930. The molecule has 0 bridgehead atoms. The second kappa shape index (κ2) is 4.35. The van der Waals surface area contributed by atoms with Crippen LogP contribution in [0.4, 0.5) is 0 Å². The standard InChI is InChI=1S/C10H16N2O/c1-7-3-8(2)10(12-5-7)9(4-11)6-13/h3,5,9,13H,4,6,11H2,1-2H3. The van der Waals surface area contributed by atoms with Crippen LogP contribution in [0.15, 0.2) is 12.3 Å². The van der Waals surface area contributed by atoms with Gasteiger partial charge in [-0.25, -0.2) is 0 Å². The minimum absolute atomic E-state index is 0.0272. The molecule has 0 aromatic carbocycles. The van der Waals surface area contributed by atoms with Gasteiger partial charge in [0.05, 0.1) is 6.61 Å². The Kier molecular flexibility index (Phi) is 3.39. The number of aliphatic hydroxyl groups is 1. The maximum absolute atomic E-state index is 9.05. The highest BCUT2D eigenvalue weighted by Gasteiger charge is 2.12. The summed E-state index contributed by atoms with van der Waals surface area (Å²) in [4.78, 5) is 4.28. The van der Waals surface area contributed by atoms with Crippen molar-refractivity contribution in [2.75, 3.05) is 13.2 Å². The first-order chi connectivity index (χ1) is 6.19. The summed E-state index contributed by atoms with van der Waals surface area (Å²) in [5.74, 6) is -0.0272. The van der Waals surface area contributed by atoms with Crippen LogP contribution in [0.1, 0.15) is 22.7 Å². The first-order valence-electron chi connectivity index (χ1n) is 4.43. The van der Waals surface area contributed by atoms with E-state index in [2.05, 4.69) is 11.1 Å². The summed E-state index contributed by atoms with van der Waals surface area (Å²) in [7, 11) is 0. The van der Waals surface area contributed by atoms with Gasteiger partial charge in [-0.15, -0.1) is 0 Å². The summed E-state index contributed by atoms with van der Waals surface area (Å²) < 4.78 is 0. The maximum Gasteiger partial charge on any atom is 0.0527 e. The van der Waals surface area contributed by atoms with Crippen LogP contribution in [-0.4, -0.2) is 23.2 Å². The highest BCUT2D eigenvalue weighted by atomic mass is 16.3. The molecule has 0 aliphatic carbocycles. The molecule has 3 nitrogen and oxygen atoms in total. The molecule has 1 unspecified atom stereocenters. The molecule has 1 rings (SSSR count). The van der Waals surface area contributed by atoms with E-state index in [4.69, 9.17) is 10.8 Å². The van der Waals surface area contributed by atoms with E-state index in [0.717, 1.165) is 16.8 Å². The predicted molar refractivity (Wildman–Crippen MR) is 52.6 cm³/mol. The summed E-state index contributed by atoms with van der Waals surface area (Å²) >= 11 is 0. The van der Waals surface area contributed by atoms with Gasteiger partial charge in [0.15, 0.2) is 0 Å². The van der Waals surface area contributed by atoms with Crippen molar-refractivity contribution in [1.82, 2.24) is 4.98 Å². The van der Waals surface area contributed by atoms with Gasteiger partial charge in [0.25, 0.3) is 0 Å². The number of aryl methyl sites for hydroxylation is 2. The molecule has 1 aromatic rings. The molecule has 0 fully saturated rings. The molecule has 0 aliphatic heterocycles. The molecule has 72 valence electrons. The molecule has 3 heteroatoms. The number of aliphatic hydroxyl groups excluding tert-OH is 1. The topological polar surface area (TPSA) is 59.1 Å². The lowest BCUT2D eigenvalue weighted by Crippen LogP contribution is -2.18. The molecule has 1 heterocycles. The second-order valence-corrected chi connectivity index (χ2v) is 3.33. The molecule has 0 amide bonds. The third-order valence-corrected chi connectivity index (χ3v) is 2.15. The number of hydrogen-bond donors (Lipinski definition) is 2. The lowest BCUT2D eigenvalue weighted by Gasteiger charge is -2.13. The summed E-state index contributed by atoms with van der Waals surface area (Å²) in [5.41, 5.74) is 8.67. The molecule has 0 spiro atoms. The van der Waals surface area contributed by atoms with Crippen molar-refractivity contribution in [3.05, 3.63) is 29.1 Å². The largest absolute Gasteiger partial charge is 0.396 e. The number of hydrogen-bond acceptors (Lipinski definition) is 3. The molecule has 0 aliphatic rings. The van der Waals surface area contributed by atoms with E-state index < -0.39 is 0 Å². The lowest BCUT2D eigenvalue weighted by molar-refractivity contribution is 0.265. The van der Waals surface area contributed by atoms with E-state index in [1.807, 2.05) is 13.8 Å². The minimum atomic E-state index is -0.0272. The molecular formula is C10H16N2O. The summed E-state index contributed by atoms with van der Waals surface area (Å²) in [6, 6.07) is 2.06. The second-order valence-electron chi connectivity index (χ2n) is 3.33. The molecule has 1 aromatic heterocycles. The van der Waals surface area contributed by atoms with Crippen molar-refractivity contribution in [1.29, 1.82) is 0 Å². The average molecular weight is 180 g/mol. The first-order valence-corrected chi connectivity index (χ1v) is 4.43. The summed E-state index contributed by atoms with van der Waals surface area (Å²) in [6.45, 7) is 4.49. The van der Waals surface area contributed by atoms with E-state index in [1.54, 1.807) is 6.20 Å². The van der Waals surface area contributed by atoms with Gasteiger partial charge in [0.1, 0.15) is 0 Å². The van der Waals surface area contributed by atoms with Crippen LogP contribution in [0.25, 0.3) is 0 Å². The van der Waals surface area contributed by atoms with Gasteiger partial charge in [0, 0.05) is 24.4 Å². The molecule has 0 saturated carbocycles. The first kappa shape index (κ1) is 10.2. The number of pyridine rings is 1. The van der Waals surface area contributed by atoms with Crippen LogP contribution in [0.3, 0.4) is 0 Å². The third kappa shape index (κ3) is 2.26. The van der Waals surface area contributed by atoms with Crippen molar-refractivity contribution in [2.45, 2.75) is 19.8 Å². The highest BCUT2D eigenvalue weighted by Crippen LogP contribution is 2.16. The van der Waals surface area contributed by atoms with Crippen molar-refractivity contribution >= 4 is 0 Å². The molecule has 0 saturated heterocycles. The third-order valence-electron chi connectivity index (χ3n) is 2.15. The summed E-state index contributed by atoms with van der Waals surface area (Å²) in [6.07, 6.45) is 1.81. The zero-order valence-electron chi connectivity index (χ0n) is 8.12.